The van der Waals surface area contributed by atoms with Crippen LogP contribution in [0.4, 0.5) is 10.1 Å². The molecule has 1 fully saturated rings. The molecule has 0 saturated carbocycles. The van der Waals surface area contributed by atoms with Crippen LogP contribution in [0.1, 0.15) is 29.4 Å². The maximum absolute atomic E-state index is 13.2. The lowest BCUT2D eigenvalue weighted by atomic mass is 9.97. The van der Waals surface area contributed by atoms with Crippen molar-refractivity contribution >= 4 is 34.8 Å². The van der Waals surface area contributed by atoms with Gasteiger partial charge in [0.15, 0.2) is 6.10 Å². The van der Waals surface area contributed by atoms with Gasteiger partial charge in [-0.15, -0.1) is 11.3 Å². The number of likely N-dealkylation sites (tertiary alicyclic amines) is 1. The summed E-state index contributed by atoms with van der Waals surface area (Å²) in [4.78, 5) is 39.3. The molecule has 148 valence electrons. The highest BCUT2D eigenvalue weighted by Gasteiger charge is 2.31. The number of hydrogen-bond donors (Lipinski definition) is 1. The summed E-state index contributed by atoms with van der Waals surface area (Å²) < 4.78 is 18.5. The van der Waals surface area contributed by atoms with Gasteiger partial charge in [-0.2, -0.15) is 0 Å². The van der Waals surface area contributed by atoms with Gasteiger partial charge in [0.05, 0.1) is 10.8 Å². The Labute approximate surface area is 166 Å². The summed E-state index contributed by atoms with van der Waals surface area (Å²) in [5.74, 6) is -1.82. The van der Waals surface area contributed by atoms with Crippen molar-refractivity contribution in [3.63, 3.8) is 0 Å². The van der Waals surface area contributed by atoms with Crippen LogP contribution in [0.2, 0.25) is 0 Å². The number of carbonyl (C=O) groups excluding carboxylic acids is 3. The molecule has 0 radical (unpaired) electrons. The van der Waals surface area contributed by atoms with E-state index in [4.69, 9.17) is 4.74 Å². The molecule has 0 spiro atoms. The molecule has 2 aromatic rings. The van der Waals surface area contributed by atoms with E-state index in [9.17, 15) is 18.8 Å². The number of carbonyl (C=O) groups is 3. The number of piperidine rings is 1. The monoisotopic (exact) mass is 404 g/mol. The number of benzene rings is 1. The Morgan fingerprint density at radius 2 is 1.96 bits per heavy atom. The second kappa shape index (κ2) is 8.97. The molecule has 0 aliphatic carbocycles. The summed E-state index contributed by atoms with van der Waals surface area (Å²) in [5.41, 5.74) is 0.299. The van der Waals surface area contributed by atoms with Gasteiger partial charge in [0.25, 0.3) is 11.8 Å². The molecule has 8 heteroatoms. The van der Waals surface area contributed by atoms with Gasteiger partial charge >= 0.3 is 5.97 Å². The first kappa shape index (κ1) is 20.0. The molecule has 0 unspecified atom stereocenters. The van der Waals surface area contributed by atoms with E-state index in [0.717, 1.165) is 0 Å². The van der Waals surface area contributed by atoms with E-state index in [1.165, 1.54) is 36.5 Å². The van der Waals surface area contributed by atoms with Crippen molar-refractivity contribution in [3.05, 3.63) is 52.5 Å². The van der Waals surface area contributed by atoms with Gasteiger partial charge in [-0.1, -0.05) is 12.1 Å². The van der Waals surface area contributed by atoms with Gasteiger partial charge < -0.3 is 15.0 Å². The molecule has 6 nitrogen and oxygen atoms in total. The third-order valence-corrected chi connectivity index (χ3v) is 5.46. The maximum Gasteiger partial charge on any atom is 0.309 e. The van der Waals surface area contributed by atoms with Gasteiger partial charge in [0.1, 0.15) is 5.82 Å². The van der Waals surface area contributed by atoms with Crippen molar-refractivity contribution in [2.45, 2.75) is 25.9 Å². The van der Waals surface area contributed by atoms with Gasteiger partial charge in [-0.25, -0.2) is 4.39 Å². The lowest BCUT2D eigenvalue weighted by Crippen LogP contribution is -2.41. The molecule has 1 N–H and O–H groups in total. The van der Waals surface area contributed by atoms with Gasteiger partial charge in [-0.05, 0) is 49.4 Å². The van der Waals surface area contributed by atoms with Crippen molar-refractivity contribution in [2.24, 2.45) is 5.92 Å². The van der Waals surface area contributed by atoms with E-state index in [2.05, 4.69) is 5.32 Å². The van der Waals surface area contributed by atoms with Gasteiger partial charge in [-0.3, -0.25) is 14.4 Å². The average Bonchev–Trinajstić information content (AvgIpc) is 3.22. The Morgan fingerprint density at radius 3 is 2.61 bits per heavy atom. The zero-order valence-corrected chi connectivity index (χ0v) is 16.2. The Morgan fingerprint density at radius 1 is 1.21 bits per heavy atom. The van der Waals surface area contributed by atoms with E-state index in [1.54, 1.807) is 17.0 Å². The molecule has 1 aliphatic heterocycles. The minimum Gasteiger partial charge on any atom is -0.452 e. The molecule has 3 rings (SSSR count). The van der Waals surface area contributed by atoms with Crippen molar-refractivity contribution < 1.29 is 23.5 Å². The lowest BCUT2D eigenvalue weighted by Gasteiger charge is -2.31. The minimum atomic E-state index is -0.999. The highest BCUT2D eigenvalue weighted by atomic mass is 32.1. The Bertz CT molecular complexity index is 848. The number of halogens is 1. The Balaban J connectivity index is 1.47. The molecule has 1 aromatic carbocycles. The van der Waals surface area contributed by atoms with Crippen LogP contribution in [0.25, 0.3) is 0 Å². The van der Waals surface area contributed by atoms with E-state index < -0.39 is 23.8 Å². The molecule has 2 heterocycles. The molecule has 2 amide bonds. The highest BCUT2D eigenvalue weighted by Crippen LogP contribution is 2.22. The standard InChI is InChI=1S/C20H21FN2O4S/c1-13(18(24)22-16-5-2-4-15(21)12-16)27-20(26)14-7-9-23(10-8-14)19(25)17-6-3-11-28-17/h2-6,11-14H,7-10H2,1H3,(H,22,24)/t13-/m0/s1. The predicted octanol–water partition coefficient (Wildman–Crippen LogP) is 3.31. The molecular formula is C20H21FN2O4S. The summed E-state index contributed by atoms with van der Waals surface area (Å²) in [6, 6.07) is 9.11. The van der Waals surface area contributed by atoms with E-state index in [1.807, 2.05) is 11.4 Å². The molecule has 1 aliphatic rings. The van der Waals surface area contributed by atoms with Crippen LogP contribution in [0, 0.1) is 11.7 Å². The van der Waals surface area contributed by atoms with Crippen molar-refractivity contribution in [3.8, 4) is 0 Å². The molecule has 1 atom stereocenters. The van der Waals surface area contributed by atoms with Crippen LogP contribution >= 0.6 is 11.3 Å². The highest BCUT2D eigenvalue weighted by molar-refractivity contribution is 7.12. The maximum atomic E-state index is 13.2. The van der Waals surface area contributed by atoms with Crippen LogP contribution in [0.5, 0.6) is 0 Å². The third kappa shape index (κ3) is 4.95. The summed E-state index contributed by atoms with van der Waals surface area (Å²) in [6.07, 6.45) is -0.0101. The lowest BCUT2D eigenvalue weighted by molar-refractivity contribution is -0.158. The quantitative estimate of drug-likeness (QED) is 0.776. The fourth-order valence-corrected chi connectivity index (χ4v) is 3.70. The molecule has 28 heavy (non-hydrogen) atoms. The zero-order chi connectivity index (χ0) is 20.1. The molecule has 1 aromatic heterocycles. The zero-order valence-electron chi connectivity index (χ0n) is 15.4. The topological polar surface area (TPSA) is 75.7 Å². The van der Waals surface area contributed by atoms with E-state index in [0.29, 0.717) is 36.5 Å². The predicted molar refractivity (Wildman–Crippen MR) is 104 cm³/mol. The van der Waals surface area contributed by atoms with E-state index in [-0.39, 0.29) is 11.8 Å². The van der Waals surface area contributed by atoms with Crippen LogP contribution in [-0.2, 0) is 14.3 Å². The first-order valence-electron chi connectivity index (χ1n) is 9.03. The number of amides is 2. The smallest absolute Gasteiger partial charge is 0.309 e. The second-order valence-corrected chi connectivity index (χ2v) is 7.57. The van der Waals surface area contributed by atoms with Gasteiger partial charge in [0.2, 0.25) is 0 Å². The number of nitrogens with zero attached hydrogens (tertiary/aromatic N) is 1. The summed E-state index contributed by atoms with van der Waals surface area (Å²) in [6.45, 7) is 2.42. The number of esters is 1. The molecular weight excluding hydrogens is 383 g/mol. The fraction of sp³-hybridized carbons (Fsp3) is 0.350. The third-order valence-electron chi connectivity index (χ3n) is 4.60. The Hall–Kier alpha value is -2.74. The van der Waals surface area contributed by atoms with Crippen molar-refractivity contribution in [1.29, 1.82) is 0 Å². The van der Waals surface area contributed by atoms with Crippen LogP contribution in [0.3, 0.4) is 0 Å². The Kier molecular flexibility index (Phi) is 6.41. The first-order valence-corrected chi connectivity index (χ1v) is 9.91. The average molecular weight is 404 g/mol. The number of thiophene rings is 1. The second-order valence-electron chi connectivity index (χ2n) is 6.62. The molecule has 1 saturated heterocycles. The number of rotatable bonds is 5. The number of nitrogens with one attached hydrogen (secondary N) is 1. The van der Waals surface area contributed by atoms with Gasteiger partial charge in [0, 0.05) is 18.8 Å². The summed E-state index contributed by atoms with van der Waals surface area (Å²) >= 11 is 1.39. The van der Waals surface area contributed by atoms with E-state index >= 15 is 0 Å². The largest absolute Gasteiger partial charge is 0.452 e. The number of hydrogen-bond acceptors (Lipinski definition) is 5. The van der Waals surface area contributed by atoms with Crippen LogP contribution < -0.4 is 5.32 Å². The van der Waals surface area contributed by atoms with Crippen molar-refractivity contribution in [1.82, 2.24) is 4.90 Å². The molecule has 0 bridgehead atoms. The summed E-state index contributed by atoms with van der Waals surface area (Å²) in [5, 5.41) is 4.38. The van der Waals surface area contributed by atoms with Crippen LogP contribution in [0.15, 0.2) is 41.8 Å². The summed E-state index contributed by atoms with van der Waals surface area (Å²) in [7, 11) is 0. The SMILES string of the molecule is C[C@H](OC(=O)C1CCN(C(=O)c2cccs2)CC1)C(=O)Nc1cccc(F)c1. The minimum absolute atomic E-state index is 0.0235. The number of ether oxygens (including phenoxy) is 1. The van der Waals surface area contributed by atoms with Crippen molar-refractivity contribution in [2.75, 3.05) is 18.4 Å². The first-order chi connectivity index (χ1) is 13.4. The fourth-order valence-electron chi connectivity index (χ4n) is 3.01. The van der Waals surface area contributed by atoms with Crippen LogP contribution in [-0.4, -0.2) is 41.9 Å². The normalized spacial score (nSPS) is 15.7. The number of anilines is 1.